The van der Waals surface area contributed by atoms with Crippen molar-refractivity contribution in [1.82, 2.24) is 9.99 Å². The summed E-state index contributed by atoms with van der Waals surface area (Å²) in [5, 5.41) is 5.12. The fourth-order valence-corrected chi connectivity index (χ4v) is 4.76. The highest BCUT2D eigenvalue weighted by Crippen LogP contribution is 2.28. The second-order valence-corrected chi connectivity index (χ2v) is 10.4. The van der Waals surface area contributed by atoms with Crippen LogP contribution in [0.3, 0.4) is 0 Å². The molecule has 33 heavy (non-hydrogen) atoms. The summed E-state index contributed by atoms with van der Waals surface area (Å²) in [5.41, 5.74) is 5.99. The number of aryl methyl sites for hydroxylation is 1. The third-order valence-electron chi connectivity index (χ3n) is 4.83. The summed E-state index contributed by atoms with van der Waals surface area (Å²) < 4.78 is 27.3. The van der Waals surface area contributed by atoms with Crippen molar-refractivity contribution in [2.24, 2.45) is 5.10 Å². The number of carbonyl (C=O) groups excluding carboxylic acids is 1. The minimum Gasteiger partial charge on any atom is -0.318 e. The lowest BCUT2D eigenvalue weighted by atomic mass is 10.2. The van der Waals surface area contributed by atoms with Gasteiger partial charge in [-0.15, -0.1) is 0 Å². The molecule has 7 nitrogen and oxygen atoms in total. The van der Waals surface area contributed by atoms with Gasteiger partial charge in [0.25, 0.3) is 5.91 Å². The summed E-state index contributed by atoms with van der Waals surface area (Å²) in [4.78, 5) is 12.4. The number of halogens is 3. The molecule has 0 fully saturated rings. The molecule has 1 aromatic heterocycles. The van der Waals surface area contributed by atoms with Gasteiger partial charge in [-0.1, -0.05) is 46.9 Å². The van der Waals surface area contributed by atoms with Crippen molar-refractivity contribution in [2.75, 3.05) is 17.1 Å². The predicted molar refractivity (Wildman–Crippen MR) is 135 cm³/mol. The lowest BCUT2D eigenvalue weighted by molar-refractivity contribution is -0.119. The van der Waals surface area contributed by atoms with Crippen LogP contribution in [0.2, 0.25) is 15.1 Å². The monoisotopic (exact) mass is 526 g/mol. The Morgan fingerprint density at radius 3 is 2.39 bits per heavy atom. The zero-order chi connectivity index (χ0) is 24.3. The molecule has 1 amide bonds. The van der Waals surface area contributed by atoms with Crippen LogP contribution in [0.15, 0.2) is 53.6 Å². The van der Waals surface area contributed by atoms with E-state index in [0.717, 1.165) is 33.2 Å². The van der Waals surface area contributed by atoms with Crippen molar-refractivity contribution in [1.29, 1.82) is 0 Å². The van der Waals surface area contributed by atoms with E-state index in [1.54, 1.807) is 30.3 Å². The van der Waals surface area contributed by atoms with E-state index in [1.807, 2.05) is 30.5 Å². The van der Waals surface area contributed by atoms with Crippen LogP contribution in [0.25, 0.3) is 5.69 Å². The molecule has 0 spiro atoms. The van der Waals surface area contributed by atoms with E-state index in [2.05, 4.69) is 10.5 Å². The van der Waals surface area contributed by atoms with Gasteiger partial charge in [0.05, 0.1) is 33.2 Å². The molecule has 3 aromatic rings. The number of amides is 1. The number of hydrogen-bond donors (Lipinski definition) is 1. The molecule has 11 heteroatoms. The molecule has 2 aromatic carbocycles. The molecule has 0 unspecified atom stereocenters. The number of para-hydroxylation sites is 1. The number of anilines is 1. The van der Waals surface area contributed by atoms with Gasteiger partial charge in [-0.2, -0.15) is 5.10 Å². The van der Waals surface area contributed by atoms with Gasteiger partial charge in [-0.3, -0.25) is 9.10 Å². The van der Waals surface area contributed by atoms with Gasteiger partial charge in [0.2, 0.25) is 10.0 Å². The standard InChI is InChI=1S/C22H21Cl3N4O3S/c1-14-10-16(15(2)29(14)17-8-9-18(23)20(25)11-17)12-26-27-22(30)13-28(33(3,31)32)21-7-5-4-6-19(21)24/h4-12H,13H2,1-3H3,(H,27,30)/b26-12-. The van der Waals surface area contributed by atoms with E-state index >= 15 is 0 Å². The summed E-state index contributed by atoms with van der Waals surface area (Å²) in [6, 6.07) is 13.6. The van der Waals surface area contributed by atoms with Gasteiger partial charge in [0.1, 0.15) is 6.54 Å². The summed E-state index contributed by atoms with van der Waals surface area (Å²) in [6.07, 6.45) is 2.50. The van der Waals surface area contributed by atoms with Gasteiger partial charge >= 0.3 is 0 Å². The van der Waals surface area contributed by atoms with Gasteiger partial charge < -0.3 is 4.57 Å². The van der Waals surface area contributed by atoms with Gasteiger partial charge in [0, 0.05) is 22.6 Å². The molecule has 0 bridgehead atoms. The first-order chi connectivity index (χ1) is 15.5. The van der Waals surface area contributed by atoms with Crippen LogP contribution in [0.5, 0.6) is 0 Å². The Labute approximate surface area is 207 Å². The molecule has 0 saturated carbocycles. The summed E-state index contributed by atoms with van der Waals surface area (Å²) >= 11 is 18.3. The average Bonchev–Trinajstić information content (AvgIpc) is 3.01. The molecule has 0 atom stereocenters. The van der Waals surface area contributed by atoms with Crippen LogP contribution in [-0.2, 0) is 14.8 Å². The molecule has 0 aliphatic rings. The van der Waals surface area contributed by atoms with Crippen LogP contribution in [0, 0.1) is 13.8 Å². The number of hydrazone groups is 1. The van der Waals surface area contributed by atoms with Crippen molar-refractivity contribution in [3.63, 3.8) is 0 Å². The fraction of sp³-hybridized carbons (Fsp3) is 0.182. The van der Waals surface area contributed by atoms with Crippen molar-refractivity contribution < 1.29 is 13.2 Å². The third-order valence-corrected chi connectivity index (χ3v) is 7.02. The molecule has 0 aliphatic carbocycles. The van der Waals surface area contributed by atoms with Crippen LogP contribution in [0.1, 0.15) is 17.0 Å². The fourth-order valence-electron chi connectivity index (χ4n) is 3.31. The minimum absolute atomic E-state index is 0.214. The molecular formula is C22H21Cl3N4O3S. The van der Waals surface area contributed by atoms with Gasteiger partial charge in [-0.25, -0.2) is 13.8 Å². The van der Waals surface area contributed by atoms with Crippen LogP contribution in [-0.4, -0.2) is 37.9 Å². The number of rotatable bonds is 7. The number of benzene rings is 2. The second-order valence-electron chi connectivity index (χ2n) is 7.27. The average molecular weight is 528 g/mol. The minimum atomic E-state index is -3.75. The third kappa shape index (κ3) is 5.89. The maximum Gasteiger partial charge on any atom is 0.260 e. The second kappa shape index (κ2) is 10.2. The SMILES string of the molecule is Cc1cc(/C=N\NC(=O)CN(c2ccccc2Cl)S(C)(=O)=O)c(C)n1-c1ccc(Cl)c(Cl)c1. The largest absolute Gasteiger partial charge is 0.318 e. The van der Waals surface area contributed by atoms with E-state index in [1.165, 1.54) is 12.3 Å². The molecule has 0 aliphatic heterocycles. The predicted octanol–water partition coefficient (Wildman–Crippen LogP) is 4.97. The Kier molecular flexibility index (Phi) is 7.74. The Bertz CT molecular complexity index is 1340. The molecule has 1 N–H and O–H groups in total. The zero-order valence-electron chi connectivity index (χ0n) is 18.0. The van der Waals surface area contributed by atoms with Crippen molar-refractivity contribution in [3.8, 4) is 5.69 Å². The maximum absolute atomic E-state index is 12.4. The summed E-state index contributed by atoms with van der Waals surface area (Å²) in [7, 11) is -3.75. The Hall–Kier alpha value is -2.52. The highest BCUT2D eigenvalue weighted by Gasteiger charge is 2.22. The van der Waals surface area contributed by atoms with Crippen LogP contribution < -0.4 is 9.73 Å². The summed E-state index contributed by atoms with van der Waals surface area (Å²) in [5.74, 6) is -0.616. The molecule has 0 radical (unpaired) electrons. The number of hydrogen-bond acceptors (Lipinski definition) is 4. The first-order valence-electron chi connectivity index (χ1n) is 9.67. The van der Waals surface area contributed by atoms with E-state index in [9.17, 15) is 13.2 Å². The van der Waals surface area contributed by atoms with Crippen LogP contribution >= 0.6 is 34.8 Å². The number of sulfonamides is 1. The maximum atomic E-state index is 12.4. The number of nitrogens with zero attached hydrogens (tertiary/aromatic N) is 3. The van der Waals surface area contributed by atoms with E-state index < -0.39 is 22.5 Å². The van der Waals surface area contributed by atoms with Crippen molar-refractivity contribution in [3.05, 3.63) is 80.6 Å². The Morgan fingerprint density at radius 2 is 1.76 bits per heavy atom. The highest BCUT2D eigenvalue weighted by atomic mass is 35.5. The lowest BCUT2D eigenvalue weighted by Gasteiger charge is -2.22. The topological polar surface area (TPSA) is 83.8 Å². The van der Waals surface area contributed by atoms with Gasteiger partial charge in [-0.05, 0) is 50.2 Å². The Balaban J connectivity index is 1.76. The lowest BCUT2D eigenvalue weighted by Crippen LogP contribution is -2.39. The van der Waals surface area contributed by atoms with Gasteiger partial charge in [0.15, 0.2) is 0 Å². The van der Waals surface area contributed by atoms with Crippen molar-refractivity contribution in [2.45, 2.75) is 13.8 Å². The van der Waals surface area contributed by atoms with E-state index in [0.29, 0.717) is 10.0 Å². The number of aromatic nitrogens is 1. The molecule has 0 saturated heterocycles. The Morgan fingerprint density at radius 1 is 1.06 bits per heavy atom. The first kappa shape index (κ1) is 25.1. The number of nitrogens with one attached hydrogen (secondary N) is 1. The van der Waals surface area contributed by atoms with Crippen LogP contribution in [0.4, 0.5) is 5.69 Å². The normalized spacial score (nSPS) is 11.7. The molecule has 1 heterocycles. The quantitative estimate of drug-likeness (QED) is 0.348. The zero-order valence-corrected chi connectivity index (χ0v) is 21.1. The van der Waals surface area contributed by atoms with E-state index in [4.69, 9.17) is 34.8 Å². The number of carbonyl (C=O) groups is 1. The summed E-state index contributed by atoms with van der Waals surface area (Å²) in [6.45, 7) is 3.36. The highest BCUT2D eigenvalue weighted by molar-refractivity contribution is 7.92. The molecule has 174 valence electrons. The molecular weight excluding hydrogens is 507 g/mol. The smallest absolute Gasteiger partial charge is 0.260 e. The first-order valence-corrected chi connectivity index (χ1v) is 12.7. The van der Waals surface area contributed by atoms with Crippen molar-refractivity contribution >= 4 is 62.6 Å². The van der Waals surface area contributed by atoms with E-state index in [-0.39, 0.29) is 10.7 Å². The molecule has 3 rings (SSSR count).